The van der Waals surface area contributed by atoms with Crippen molar-refractivity contribution in [2.45, 2.75) is 25.3 Å². The van der Waals surface area contributed by atoms with Crippen LogP contribution in [0.2, 0.25) is 0 Å². The Balaban J connectivity index is 1.87. The molecule has 86 valence electrons. The van der Waals surface area contributed by atoms with Gasteiger partial charge in [-0.1, -0.05) is 0 Å². The zero-order chi connectivity index (χ0) is 11.1. The van der Waals surface area contributed by atoms with E-state index < -0.39 is 11.4 Å². The Bertz CT molecular complexity index is 263. The molecular formula is C11H20N2O2. The maximum Gasteiger partial charge on any atom is 0.310 e. The fourth-order valence-electron chi connectivity index (χ4n) is 2.47. The van der Waals surface area contributed by atoms with Gasteiger partial charge in [-0.2, -0.15) is 0 Å². The van der Waals surface area contributed by atoms with Gasteiger partial charge < -0.3 is 14.9 Å². The van der Waals surface area contributed by atoms with E-state index in [1.54, 1.807) is 0 Å². The third-order valence-corrected chi connectivity index (χ3v) is 3.85. The van der Waals surface area contributed by atoms with Gasteiger partial charge >= 0.3 is 5.97 Å². The van der Waals surface area contributed by atoms with Crippen LogP contribution in [0.1, 0.15) is 19.3 Å². The Labute approximate surface area is 90.9 Å². The molecule has 1 saturated heterocycles. The summed E-state index contributed by atoms with van der Waals surface area (Å²) in [6.45, 7) is 2.93. The highest BCUT2D eigenvalue weighted by Gasteiger charge is 2.51. The number of hydrogen-bond donors (Lipinski definition) is 1. The van der Waals surface area contributed by atoms with Crippen molar-refractivity contribution in [3.05, 3.63) is 0 Å². The molecule has 1 heterocycles. The van der Waals surface area contributed by atoms with Gasteiger partial charge in [-0.3, -0.25) is 4.79 Å². The summed E-state index contributed by atoms with van der Waals surface area (Å²) in [6, 6.07) is 0.548. The molecule has 0 bridgehead atoms. The average Bonchev–Trinajstić information content (AvgIpc) is 2.82. The lowest BCUT2D eigenvalue weighted by Gasteiger charge is -2.26. The monoisotopic (exact) mass is 212 g/mol. The zero-order valence-electron chi connectivity index (χ0n) is 9.57. The van der Waals surface area contributed by atoms with Gasteiger partial charge in [0, 0.05) is 19.1 Å². The predicted octanol–water partition coefficient (Wildman–Crippen LogP) is 0.487. The standard InChI is InChI=1S/C11H20N2O2/c1-12-6-3-9(7-12)13(2)8-11(4-5-11)10(14)15/h9H,3-8H2,1-2H3,(H,14,15). The van der Waals surface area contributed by atoms with E-state index in [0.717, 1.165) is 32.5 Å². The second-order valence-corrected chi connectivity index (χ2v) is 5.21. The number of likely N-dealkylation sites (N-methyl/N-ethyl adjacent to an activating group) is 2. The lowest BCUT2D eigenvalue weighted by atomic mass is 10.1. The first-order valence-electron chi connectivity index (χ1n) is 5.66. The highest BCUT2D eigenvalue weighted by atomic mass is 16.4. The number of aliphatic carboxylic acids is 1. The first kappa shape index (κ1) is 10.9. The molecule has 2 rings (SSSR count). The van der Waals surface area contributed by atoms with Crippen LogP contribution in [0.4, 0.5) is 0 Å². The molecular weight excluding hydrogens is 192 g/mol. The van der Waals surface area contributed by atoms with Crippen LogP contribution < -0.4 is 0 Å². The van der Waals surface area contributed by atoms with E-state index in [1.165, 1.54) is 6.42 Å². The van der Waals surface area contributed by atoms with E-state index in [1.807, 2.05) is 0 Å². The fourth-order valence-corrected chi connectivity index (χ4v) is 2.47. The van der Waals surface area contributed by atoms with Gasteiger partial charge in [-0.25, -0.2) is 0 Å². The van der Waals surface area contributed by atoms with Gasteiger partial charge in [0.05, 0.1) is 5.41 Å². The summed E-state index contributed by atoms with van der Waals surface area (Å²) in [7, 11) is 4.19. The van der Waals surface area contributed by atoms with Gasteiger partial charge in [0.1, 0.15) is 0 Å². The fraction of sp³-hybridized carbons (Fsp3) is 0.909. The summed E-state index contributed by atoms with van der Waals surface area (Å²) >= 11 is 0. The van der Waals surface area contributed by atoms with E-state index in [4.69, 9.17) is 5.11 Å². The van der Waals surface area contributed by atoms with Crippen molar-refractivity contribution in [1.82, 2.24) is 9.80 Å². The SMILES string of the molecule is CN1CCC(N(C)CC2(C(=O)O)CC2)C1. The van der Waals surface area contributed by atoms with Crippen LogP contribution in [-0.2, 0) is 4.79 Å². The smallest absolute Gasteiger partial charge is 0.310 e. The Hall–Kier alpha value is -0.610. The normalized spacial score (nSPS) is 29.7. The van der Waals surface area contributed by atoms with E-state index in [-0.39, 0.29) is 0 Å². The summed E-state index contributed by atoms with van der Waals surface area (Å²) in [6.07, 6.45) is 2.88. The molecule has 1 atom stereocenters. The second kappa shape index (κ2) is 3.76. The van der Waals surface area contributed by atoms with Crippen molar-refractivity contribution in [2.24, 2.45) is 5.41 Å². The van der Waals surface area contributed by atoms with Crippen LogP contribution in [0.3, 0.4) is 0 Å². The van der Waals surface area contributed by atoms with Crippen LogP contribution in [0.5, 0.6) is 0 Å². The summed E-state index contributed by atoms with van der Waals surface area (Å²) in [5, 5.41) is 9.11. The van der Waals surface area contributed by atoms with Crippen molar-refractivity contribution in [1.29, 1.82) is 0 Å². The Morgan fingerprint density at radius 2 is 2.27 bits per heavy atom. The van der Waals surface area contributed by atoms with Gasteiger partial charge in [0.15, 0.2) is 0 Å². The van der Waals surface area contributed by atoms with Gasteiger partial charge in [-0.05, 0) is 39.9 Å². The highest BCUT2D eigenvalue weighted by Crippen LogP contribution is 2.46. The molecule has 1 saturated carbocycles. The lowest BCUT2D eigenvalue weighted by Crippen LogP contribution is -2.40. The van der Waals surface area contributed by atoms with Crippen molar-refractivity contribution in [3.63, 3.8) is 0 Å². The summed E-state index contributed by atoms with van der Waals surface area (Å²) in [4.78, 5) is 15.6. The number of likely N-dealkylation sites (tertiary alicyclic amines) is 1. The second-order valence-electron chi connectivity index (χ2n) is 5.21. The molecule has 1 N–H and O–H groups in total. The lowest BCUT2D eigenvalue weighted by molar-refractivity contribution is -0.144. The average molecular weight is 212 g/mol. The van der Waals surface area contributed by atoms with Gasteiger partial charge in [0.25, 0.3) is 0 Å². The molecule has 4 nitrogen and oxygen atoms in total. The van der Waals surface area contributed by atoms with Crippen molar-refractivity contribution < 1.29 is 9.90 Å². The maximum absolute atomic E-state index is 11.1. The number of hydrogen-bond acceptors (Lipinski definition) is 3. The molecule has 1 unspecified atom stereocenters. The molecule has 15 heavy (non-hydrogen) atoms. The number of carbonyl (C=O) groups is 1. The minimum atomic E-state index is -0.610. The maximum atomic E-state index is 11.1. The zero-order valence-corrected chi connectivity index (χ0v) is 9.57. The number of nitrogens with zero attached hydrogens (tertiary/aromatic N) is 2. The van der Waals surface area contributed by atoms with E-state index in [9.17, 15) is 4.79 Å². The van der Waals surface area contributed by atoms with Crippen LogP contribution in [0.25, 0.3) is 0 Å². The minimum Gasteiger partial charge on any atom is -0.481 e. The summed E-state index contributed by atoms with van der Waals surface area (Å²) in [5.41, 5.74) is -0.407. The molecule has 0 amide bonds. The van der Waals surface area contributed by atoms with Crippen LogP contribution >= 0.6 is 0 Å². The molecule has 1 aliphatic heterocycles. The summed E-state index contributed by atoms with van der Waals surface area (Å²) in [5.74, 6) is -0.610. The first-order valence-corrected chi connectivity index (χ1v) is 5.66. The molecule has 2 fully saturated rings. The van der Waals surface area contributed by atoms with Crippen molar-refractivity contribution in [2.75, 3.05) is 33.7 Å². The van der Waals surface area contributed by atoms with Crippen LogP contribution in [0, 0.1) is 5.41 Å². The number of rotatable bonds is 4. The third kappa shape index (κ3) is 2.16. The molecule has 0 aromatic heterocycles. The van der Waals surface area contributed by atoms with Crippen molar-refractivity contribution in [3.8, 4) is 0 Å². The molecule has 0 radical (unpaired) electrons. The highest BCUT2D eigenvalue weighted by molar-refractivity contribution is 5.78. The third-order valence-electron chi connectivity index (χ3n) is 3.85. The van der Waals surface area contributed by atoms with E-state index >= 15 is 0 Å². The largest absolute Gasteiger partial charge is 0.481 e. The Kier molecular flexibility index (Phi) is 2.73. The molecule has 4 heteroatoms. The minimum absolute atomic E-state index is 0.407. The Morgan fingerprint density at radius 3 is 2.67 bits per heavy atom. The van der Waals surface area contributed by atoms with Crippen molar-refractivity contribution >= 4 is 5.97 Å². The first-order chi connectivity index (χ1) is 7.03. The predicted molar refractivity (Wildman–Crippen MR) is 57.8 cm³/mol. The molecule has 0 aromatic rings. The van der Waals surface area contributed by atoms with Crippen LogP contribution in [-0.4, -0.2) is 60.6 Å². The van der Waals surface area contributed by atoms with E-state index in [0.29, 0.717) is 6.04 Å². The quantitative estimate of drug-likeness (QED) is 0.736. The molecule has 0 aromatic carbocycles. The summed E-state index contributed by atoms with van der Waals surface area (Å²) < 4.78 is 0. The van der Waals surface area contributed by atoms with E-state index in [2.05, 4.69) is 23.9 Å². The number of carboxylic acid groups (broad SMARTS) is 1. The number of carboxylic acids is 1. The van der Waals surface area contributed by atoms with Crippen LogP contribution in [0.15, 0.2) is 0 Å². The molecule has 1 aliphatic carbocycles. The molecule has 2 aliphatic rings. The van der Waals surface area contributed by atoms with Gasteiger partial charge in [0.2, 0.25) is 0 Å². The molecule has 0 spiro atoms. The topological polar surface area (TPSA) is 43.8 Å². The Morgan fingerprint density at radius 1 is 1.60 bits per heavy atom. The van der Waals surface area contributed by atoms with Gasteiger partial charge in [-0.15, -0.1) is 0 Å².